The van der Waals surface area contributed by atoms with E-state index in [1.165, 1.54) is 6.07 Å². The van der Waals surface area contributed by atoms with Gasteiger partial charge in [-0.2, -0.15) is 8.78 Å². The zero-order chi connectivity index (χ0) is 18.9. The number of ether oxygens (including phenoxy) is 1. The number of aliphatic imine (C=N–C) groups is 1. The van der Waals surface area contributed by atoms with Gasteiger partial charge in [0.25, 0.3) is 0 Å². The van der Waals surface area contributed by atoms with Gasteiger partial charge in [-0.3, -0.25) is 0 Å². The summed E-state index contributed by atoms with van der Waals surface area (Å²) in [6, 6.07) is 6.56. The molecule has 0 unspecified atom stereocenters. The van der Waals surface area contributed by atoms with Gasteiger partial charge in [0.2, 0.25) is 0 Å². The average molecular weight is 364 g/mol. The van der Waals surface area contributed by atoms with Crippen molar-refractivity contribution < 1.29 is 13.5 Å². The molecule has 0 fully saturated rings. The molecule has 0 saturated heterocycles. The number of guanidine groups is 1. The van der Waals surface area contributed by atoms with Crippen molar-refractivity contribution in [2.75, 3.05) is 6.54 Å². The smallest absolute Gasteiger partial charge is 0.387 e. The second-order valence-corrected chi connectivity index (χ2v) is 5.40. The molecular formula is C17H22F2N6O. The first-order valence-corrected chi connectivity index (χ1v) is 8.02. The molecule has 0 aliphatic carbocycles. The van der Waals surface area contributed by atoms with Gasteiger partial charge in [0, 0.05) is 19.2 Å². The fraction of sp³-hybridized carbons (Fsp3) is 0.353. The minimum absolute atomic E-state index is 0.109. The maximum absolute atomic E-state index is 12.5. The van der Waals surface area contributed by atoms with Crippen LogP contribution >= 0.6 is 0 Å². The number of aromatic nitrogens is 3. The van der Waals surface area contributed by atoms with Crippen LogP contribution in [0.4, 0.5) is 8.78 Å². The minimum atomic E-state index is -2.88. The van der Waals surface area contributed by atoms with Crippen LogP contribution in [0.3, 0.4) is 0 Å². The number of para-hydroxylation sites is 1. The van der Waals surface area contributed by atoms with Crippen molar-refractivity contribution in [1.29, 1.82) is 0 Å². The van der Waals surface area contributed by atoms with Gasteiger partial charge < -0.3 is 19.9 Å². The van der Waals surface area contributed by atoms with Crippen LogP contribution in [0.5, 0.6) is 5.75 Å². The molecule has 7 nitrogen and oxygen atoms in total. The summed E-state index contributed by atoms with van der Waals surface area (Å²) < 4.78 is 31.4. The highest BCUT2D eigenvalue weighted by Gasteiger charge is 2.10. The van der Waals surface area contributed by atoms with Crippen molar-refractivity contribution in [3.8, 4) is 5.75 Å². The van der Waals surface area contributed by atoms with Gasteiger partial charge in [0.1, 0.15) is 11.6 Å². The van der Waals surface area contributed by atoms with Crippen LogP contribution in [0.1, 0.15) is 17.2 Å². The molecule has 1 aromatic carbocycles. The van der Waals surface area contributed by atoms with Gasteiger partial charge in [-0.05, 0) is 13.0 Å². The first kappa shape index (κ1) is 19.4. The fourth-order valence-corrected chi connectivity index (χ4v) is 2.12. The van der Waals surface area contributed by atoms with Crippen LogP contribution in [0, 0.1) is 6.92 Å². The highest BCUT2D eigenvalue weighted by molar-refractivity contribution is 5.79. The molecule has 0 saturated carbocycles. The standard InChI is InChI=1S/C17H22F2N6O/c1-4-9-20-17(22-11-15-24-23-12(2)25(15)3)21-10-13-7-5-6-8-14(13)26-16(18)19/h4-8,16H,1,9-11H2,2-3H3,(H2,20,21,22). The molecule has 2 N–H and O–H groups in total. The van der Waals surface area contributed by atoms with Gasteiger partial charge in [-0.1, -0.05) is 24.3 Å². The Balaban J connectivity index is 2.08. The number of nitrogens with one attached hydrogen (secondary N) is 2. The van der Waals surface area contributed by atoms with Gasteiger partial charge in [-0.15, -0.1) is 16.8 Å². The lowest BCUT2D eigenvalue weighted by Crippen LogP contribution is -2.37. The molecule has 0 amide bonds. The Morgan fingerprint density at radius 1 is 1.35 bits per heavy atom. The molecule has 1 aromatic heterocycles. The summed E-state index contributed by atoms with van der Waals surface area (Å²) in [6.07, 6.45) is 1.69. The molecule has 0 radical (unpaired) electrons. The summed E-state index contributed by atoms with van der Waals surface area (Å²) in [5.41, 5.74) is 0.557. The summed E-state index contributed by atoms with van der Waals surface area (Å²) in [7, 11) is 1.87. The number of nitrogens with zero attached hydrogens (tertiary/aromatic N) is 4. The first-order chi connectivity index (χ1) is 12.5. The molecule has 1 heterocycles. The minimum Gasteiger partial charge on any atom is -0.434 e. The highest BCUT2D eigenvalue weighted by Crippen LogP contribution is 2.20. The Kier molecular flexibility index (Phi) is 7.07. The predicted molar refractivity (Wildman–Crippen MR) is 95.0 cm³/mol. The molecule has 0 aliphatic heterocycles. The lowest BCUT2D eigenvalue weighted by atomic mass is 10.2. The van der Waals surface area contributed by atoms with Crippen molar-refractivity contribution in [1.82, 2.24) is 25.4 Å². The molecule has 9 heteroatoms. The van der Waals surface area contributed by atoms with E-state index in [9.17, 15) is 8.78 Å². The summed E-state index contributed by atoms with van der Waals surface area (Å²) in [4.78, 5) is 4.42. The van der Waals surface area contributed by atoms with E-state index in [-0.39, 0.29) is 12.3 Å². The maximum atomic E-state index is 12.5. The molecular weight excluding hydrogens is 342 g/mol. The quantitative estimate of drug-likeness (QED) is 0.426. The largest absolute Gasteiger partial charge is 0.434 e. The third-order valence-electron chi connectivity index (χ3n) is 3.61. The Labute approximate surface area is 150 Å². The van der Waals surface area contributed by atoms with Crippen LogP contribution in [0.2, 0.25) is 0 Å². The SMILES string of the molecule is C=CCNC(=NCc1ccccc1OC(F)F)NCc1nnc(C)n1C. The predicted octanol–water partition coefficient (Wildman–Crippen LogP) is 2.15. The number of halogens is 2. The molecule has 2 rings (SSSR count). The second-order valence-electron chi connectivity index (χ2n) is 5.40. The third kappa shape index (κ3) is 5.54. The van der Waals surface area contributed by atoms with E-state index in [0.29, 0.717) is 24.6 Å². The van der Waals surface area contributed by atoms with E-state index in [1.807, 2.05) is 18.5 Å². The second kappa shape index (κ2) is 9.50. The molecule has 26 heavy (non-hydrogen) atoms. The average Bonchev–Trinajstić information content (AvgIpc) is 2.93. The molecule has 0 spiro atoms. The van der Waals surface area contributed by atoms with Crippen molar-refractivity contribution in [3.63, 3.8) is 0 Å². The van der Waals surface area contributed by atoms with E-state index in [1.54, 1.807) is 24.3 Å². The van der Waals surface area contributed by atoms with Crippen LogP contribution < -0.4 is 15.4 Å². The number of rotatable bonds is 8. The van der Waals surface area contributed by atoms with E-state index < -0.39 is 6.61 Å². The molecule has 0 atom stereocenters. The zero-order valence-corrected chi connectivity index (χ0v) is 14.7. The lowest BCUT2D eigenvalue weighted by Gasteiger charge is -2.12. The normalized spacial score (nSPS) is 11.5. The summed E-state index contributed by atoms with van der Waals surface area (Å²) >= 11 is 0. The van der Waals surface area contributed by atoms with Crippen molar-refractivity contribution in [2.45, 2.75) is 26.6 Å². The summed E-state index contributed by atoms with van der Waals surface area (Å²) in [5, 5.41) is 14.3. The number of hydrogen-bond donors (Lipinski definition) is 2. The van der Waals surface area contributed by atoms with Crippen LogP contribution in [-0.4, -0.2) is 33.9 Å². The maximum Gasteiger partial charge on any atom is 0.387 e. The van der Waals surface area contributed by atoms with Crippen molar-refractivity contribution in [3.05, 3.63) is 54.1 Å². The zero-order valence-electron chi connectivity index (χ0n) is 14.7. The molecule has 2 aromatic rings. The molecule has 140 valence electrons. The topological polar surface area (TPSA) is 76.4 Å². The monoisotopic (exact) mass is 364 g/mol. The van der Waals surface area contributed by atoms with Crippen LogP contribution in [-0.2, 0) is 20.1 Å². The number of benzene rings is 1. The van der Waals surface area contributed by atoms with Crippen molar-refractivity contribution >= 4 is 5.96 Å². The van der Waals surface area contributed by atoms with Gasteiger partial charge in [-0.25, -0.2) is 4.99 Å². The lowest BCUT2D eigenvalue weighted by molar-refractivity contribution is -0.0504. The first-order valence-electron chi connectivity index (χ1n) is 8.02. The molecule has 0 aliphatic rings. The fourth-order valence-electron chi connectivity index (χ4n) is 2.12. The van der Waals surface area contributed by atoms with E-state index in [2.05, 4.69) is 37.1 Å². The summed E-state index contributed by atoms with van der Waals surface area (Å²) in [6.45, 7) is 3.73. The Morgan fingerprint density at radius 2 is 2.12 bits per heavy atom. The van der Waals surface area contributed by atoms with Crippen LogP contribution in [0.25, 0.3) is 0 Å². The summed E-state index contributed by atoms with van der Waals surface area (Å²) in [5.74, 6) is 2.16. The number of aryl methyl sites for hydroxylation is 1. The van der Waals surface area contributed by atoms with E-state index in [0.717, 1.165) is 11.6 Å². The molecule has 0 bridgehead atoms. The van der Waals surface area contributed by atoms with E-state index in [4.69, 9.17) is 0 Å². The van der Waals surface area contributed by atoms with Gasteiger partial charge >= 0.3 is 6.61 Å². The number of hydrogen-bond acceptors (Lipinski definition) is 4. The van der Waals surface area contributed by atoms with E-state index >= 15 is 0 Å². The van der Waals surface area contributed by atoms with Gasteiger partial charge in [0.15, 0.2) is 11.8 Å². The van der Waals surface area contributed by atoms with Crippen molar-refractivity contribution in [2.24, 2.45) is 12.0 Å². The Bertz CT molecular complexity index is 759. The highest BCUT2D eigenvalue weighted by atomic mass is 19.3. The van der Waals surface area contributed by atoms with Crippen LogP contribution in [0.15, 0.2) is 41.9 Å². The Morgan fingerprint density at radius 3 is 2.77 bits per heavy atom. The number of alkyl halides is 2. The van der Waals surface area contributed by atoms with Gasteiger partial charge in [0.05, 0.1) is 13.1 Å². The Hall–Kier alpha value is -2.97. The third-order valence-corrected chi connectivity index (χ3v) is 3.61.